The maximum atomic E-state index is 5.38. The van der Waals surface area contributed by atoms with Gasteiger partial charge in [-0.25, -0.2) is 9.97 Å². The Kier molecular flexibility index (Phi) is 8.53. The quantitative estimate of drug-likeness (QED) is 0.123. The minimum absolute atomic E-state index is 0.688. The summed E-state index contributed by atoms with van der Waals surface area (Å²) in [5.74, 6) is 0.688. The van der Waals surface area contributed by atoms with Crippen molar-refractivity contribution in [2.45, 2.75) is 0 Å². The van der Waals surface area contributed by atoms with Crippen molar-refractivity contribution >= 4 is 64.9 Å². The average Bonchev–Trinajstić information content (AvgIpc) is 3.72. The van der Waals surface area contributed by atoms with E-state index < -0.39 is 0 Å². The van der Waals surface area contributed by atoms with Crippen LogP contribution in [-0.2, 0) is 0 Å². The Balaban J connectivity index is 1.02. The van der Waals surface area contributed by atoms with E-state index in [0.29, 0.717) is 5.82 Å². The number of benzene rings is 11. The zero-order chi connectivity index (χ0) is 42.8. The van der Waals surface area contributed by atoms with Crippen molar-refractivity contribution in [3.05, 3.63) is 237 Å². The van der Waals surface area contributed by atoms with Crippen LogP contribution in [0.15, 0.2) is 237 Å². The minimum Gasteiger partial charge on any atom is -0.309 e. The van der Waals surface area contributed by atoms with Crippen molar-refractivity contribution in [1.29, 1.82) is 0 Å². The fraction of sp³-hybridized carbons (Fsp3) is 0. The van der Waals surface area contributed by atoms with E-state index in [-0.39, 0.29) is 0 Å². The van der Waals surface area contributed by atoms with E-state index in [2.05, 4.69) is 235 Å². The second-order valence-corrected chi connectivity index (χ2v) is 16.9. The Morgan fingerprint density at radius 3 is 1.65 bits per heavy atom. The van der Waals surface area contributed by atoms with Gasteiger partial charge >= 0.3 is 0 Å². The minimum atomic E-state index is 0.688. The number of para-hydroxylation sites is 2. The van der Waals surface area contributed by atoms with Gasteiger partial charge in [-0.1, -0.05) is 200 Å². The van der Waals surface area contributed by atoms with Gasteiger partial charge in [0.05, 0.1) is 22.4 Å². The molecule has 0 aliphatic rings. The second-order valence-electron chi connectivity index (χ2n) is 16.9. The van der Waals surface area contributed by atoms with Gasteiger partial charge in [-0.2, -0.15) is 0 Å². The van der Waals surface area contributed by atoms with Crippen LogP contribution in [-0.4, -0.2) is 14.5 Å². The van der Waals surface area contributed by atoms with Crippen molar-refractivity contribution in [2.24, 2.45) is 0 Å². The van der Waals surface area contributed by atoms with Gasteiger partial charge in [-0.15, -0.1) is 0 Å². The lowest BCUT2D eigenvalue weighted by Gasteiger charge is -2.18. The van der Waals surface area contributed by atoms with Crippen molar-refractivity contribution in [3.8, 4) is 61.8 Å². The SMILES string of the molecule is c1ccc(-c2nc(-c3ccccc3-c3ccc4c5ccccc5n(-c5ccccc5)c4c3)cc(-c3ccc(-c4c5ccccc5cc5c4ccc4ccccc45)c4ccccc34)n2)cc1. The van der Waals surface area contributed by atoms with Crippen LogP contribution in [0.5, 0.6) is 0 Å². The van der Waals surface area contributed by atoms with E-state index in [1.54, 1.807) is 0 Å². The van der Waals surface area contributed by atoms with Crippen LogP contribution in [0.2, 0.25) is 0 Å². The van der Waals surface area contributed by atoms with Crippen LogP contribution in [0, 0.1) is 0 Å². The second kappa shape index (κ2) is 15.0. The third kappa shape index (κ3) is 6.05. The van der Waals surface area contributed by atoms with Crippen molar-refractivity contribution in [3.63, 3.8) is 0 Å². The van der Waals surface area contributed by atoms with Gasteiger partial charge in [0.2, 0.25) is 0 Å². The maximum Gasteiger partial charge on any atom is 0.160 e. The van der Waals surface area contributed by atoms with E-state index in [0.717, 1.165) is 55.8 Å². The standard InChI is InChI=1S/C62H39N3/c1-3-18-41(19-4-1)62-63-57(50-28-14-11-24-46(50)43-32-33-53-52-29-15-16-30-59(52)65(60(53)38-43)44-21-5-2-6-22-44)39-58(64-62)51-35-36-54(49-27-13-12-26-48(49)51)61-47-25-10-8-20-42(47)37-56-45-23-9-7-17-40(45)31-34-55(56)61/h1-39H. The molecule has 13 rings (SSSR count). The lowest BCUT2D eigenvalue weighted by atomic mass is 9.86. The van der Waals surface area contributed by atoms with Gasteiger partial charge in [0.25, 0.3) is 0 Å². The molecule has 302 valence electrons. The molecular weight excluding hydrogens is 787 g/mol. The molecule has 0 atom stereocenters. The number of fused-ring (bicyclic) bond motifs is 8. The van der Waals surface area contributed by atoms with Gasteiger partial charge in [0.1, 0.15) is 0 Å². The van der Waals surface area contributed by atoms with E-state index in [1.165, 1.54) is 65.1 Å². The monoisotopic (exact) mass is 825 g/mol. The first-order valence-electron chi connectivity index (χ1n) is 22.2. The molecule has 0 aliphatic carbocycles. The predicted molar refractivity (Wildman–Crippen MR) is 274 cm³/mol. The Labute approximate surface area is 376 Å². The smallest absolute Gasteiger partial charge is 0.160 e. The Morgan fingerprint density at radius 2 is 0.846 bits per heavy atom. The number of hydrogen-bond acceptors (Lipinski definition) is 2. The number of hydrogen-bond donors (Lipinski definition) is 0. The molecule has 0 spiro atoms. The summed E-state index contributed by atoms with van der Waals surface area (Å²) >= 11 is 0. The van der Waals surface area contributed by atoms with Gasteiger partial charge in [-0.05, 0) is 102 Å². The Morgan fingerprint density at radius 1 is 0.277 bits per heavy atom. The van der Waals surface area contributed by atoms with Crippen LogP contribution >= 0.6 is 0 Å². The zero-order valence-electron chi connectivity index (χ0n) is 35.4. The number of aromatic nitrogens is 3. The molecule has 0 amide bonds. The summed E-state index contributed by atoms with van der Waals surface area (Å²) in [6, 6.07) is 85.3. The van der Waals surface area contributed by atoms with Crippen LogP contribution in [0.4, 0.5) is 0 Å². The van der Waals surface area contributed by atoms with Crippen molar-refractivity contribution in [2.75, 3.05) is 0 Å². The lowest BCUT2D eigenvalue weighted by molar-refractivity contribution is 1.18. The maximum absolute atomic E-state index is 5.38. The Bertz CT molecular complexity index is 4000. The summed E-state index contributed by atoms with van der Waals surface area (Å²) in [5, 5.41) is 12.3. The summed E-state index contributed by atoms with van der Waals surface area (Å²) in [4.78, 5) is 10.8. The molecule has 65 heavy (non-hydrogen) atoms. The molecule has 0 unspecified atom stereocenters. The summed E-state index contributed by atoms with van der Waals surface area (Å²) in [6.45, 7) is 0. The highest BCUT2D eigenvalue weighted by Gasteiger charge is 2.20. The molecule has 0 aliphatic heterocycles. The molecule has 0 radical (unpaired) electrons. The van der Waals surface area contributed by atoms with Crippen molar-refractivity contribution < 1.29 is 0 Å². The fourth-order valence-corrected chi connectivity index (χ4v) is 10.2. The van der Waals surface area contributed by atoms with E-state index in [4.69, 9.17) is 9.97 Å². The van der Waals surface area contributed by atoms with Gasteiger partial charge in [0, 0.05) is 33.2 Å². The first-order chi connectivity index (χ1) is 32.2. The summed E-state index contributed by atoms with van der Waals surface area (Å²) in [5.41, 5.74) is 13.0. The van der Waals surface area contributed by atoms with Crippen LogP contribution in [0.1, 0.15) is 0 Å². The first kappa shape index (κ1) is 36.9. The van der Waals surface area contributed by atoms with Crippen LogP contribution in [0.25, 0.3) is 127 Å². The molecule has 11 aromatic carbocycles. The van der Waals surface area contributed by atoms with Gasteiger partial charge < -0.3 is 4.57 Å². The molecule has 0 fully saturated rings. The van der Waals surface area contributed by atoms with E-state index >= 15 is 0 Å². The van der Waals surface area contributed by atoms with Gasteiger partial charge in [-0.3, -0.25) is 0 Å². The van der Waals surface area contributed by atoms with Crippen molar-refractivity contribution in [1.82, 2.24) is 14.5 Å². The van der Waals surface area contributed by atoms with Crippen LogP contribution in [0.3, 0.4) is 0 Å². The number of nitrogens with zero attached hydrogens (tertiary/aromatic N) is 3. The molecule has 2 aromatic heterocycles. The third-order valence-electron chi connectivity index (χ3n) is 13.2. The van der Waals surface area contributed by atoms with Crippen LogP contribution < -0.4 is 0 Å². The fourth-order valence-electron chi connectivity index (χ4n) is 10.2. The highest BCUT2D eigenvalue weighted by molar-refractivity contribution is 6.23. The molecule has 0 bridgehead atoms. The highest BCUT2D eigenvalue weighted by atomic mass is 15.0. The molecule has 3 nitrogen and oxygen atoms in total. The summed E-state index contributed by atoms with van der Waals surface area (Å²) < 4.78 is 2.38. The lowest BCUT2D eigenvalue weighted by Crippen LogP contribution is -1.98. The van der Waals surface area contributed by atoms with Gasteiger partial charge in [0.15, 0.2) is 5.82 Å². The molecule has 0 N–H and O–H groups in total. The molecule has 0 saturated carbocycles. The molecule has 13 aromatic rings. The third-order valence-corrected chi connectivity index (χ3v) is 13.2. The number of rotatable bonds is 6. The van der Waals surface area contributed by atoms with E-state index in [9.17, 15) is 0 Å². The average molecular weight is 826 g/mol. The molecule has 3 heteroatoms. The topological polar surface area (TPSA) is 30.7 Å². The first-order valence-corrected chi connectivity index (χ1v) is 22.2. The molecule has 0 saturated heterocycles. The zero-order valence-corrected chi connectivity index (χ0v) is 35.4. The summed E-state index contributed by atoms with van der Waals surface area (Å²) in [6.07, 6.45) is 0. The normalized spacial score (nSPS) is 11.7. The molecular formula is C62H39N3. The molecule has 2 heterocycles. The largest absolute Gasteiger partial charge is 0.309 e. The summed E-state index contributed by atoms with van der Waals surface area (Å²) in [7, 11) is 0. The highest BCUT2D eigenvalue weighted by Crippen LogP contribution is 2.45. The van der Waals surface area contributed by atoms with E-state index in [1.807, 2.05) is 6.07 Å². The predicted octanol–water partition coefficient (Wildman–Crippen LogP) is 16.5. The Hall–Kier alpha value is -8.66.